The molecule has 1 amide bonds. The summed E-state index contributed by atoms with van der Waals surface area (Å²) in [7, 11) is 0. The lowest BCUT2D eigenvalue weighted by Gasteiger charge is -2.35. The molecule has 2 heterocycles. The van der Waals surface area contributed by atoms with Gasteiger partial charge in [0.25, 0.3) is 0 Å². The van der Waals surface area contributed by atoms with Crippen molar-refractivity contribution >= 4 is 39.7 Å². The molecule has 2 aromatic rings. The van der Waals surface area contributed by atoms with Crippen LogP contribution in [0.5, 0.6) is 0 Å². The molecule has 0 atom stereocenters. The van der Waals surface area contributed by atoms with Gasteiger partial charge in [0, 0.05) is 31.7 Å². The van der Waals surface area contributed by atoms with Crippen molar-refractivity contribution in [3.63, 3.8) is 0 Å². The topological polar surface area (TPSA) is 79.0 Å². The van der Waals surface area contributed by atoms with Crippen molar-refractivity contribution in [1.29, 1.82) is 0 Å². The number of ketones is 1. The average molecular weight is 474 g/mol. The zero-order valence-electron chi connectivity index (χ0n) is 18.9. The molecular weight excluding hydrogens is 445 g/mol. The van der Waals surface area contributed by atoms with Gasteiger partial charge >= 0.3 is 5.97 Å². The van der Waals surface area contributed by atoms with Gasteiger partial charge in [0.15, 0.2) is 5.78 Å². The quantitative estimate of drug-likeness (QED) is 0.463. The van der Waals surface area contributed by atoms with Crippen LogP contribution in [0.4, 0.5) is 15.1 Å². The number of benzene rings is 1. The fourth-order valence-electron chi connectivity index (χ4n) is 4.07. The molecule has 4 rings (SSSR count). The maximum atomic E-state index is 14.5. The van der Waals surface area contributed by atoms with Gasteiger partial charge < -0.3 is 15.0 Å². The molecule has 0 bridgehead atoms. The first-order chi connectivity index (χ1) is 15.9. The third-order valence-electron chi connectivity index (χ3n) is 6.00. The summed E-state index contributed by atoms with van der Waals surface area (Å²) in [6.45, 7) is 6.01. The van der Waals surface area contributed by atoms with Gasteiger partial charge in [0.05, 0.1) is 24.4 Å². The van der Waals surface area contributed by atoms with Gasteiger partial charge in [-0.3, -0.25) is 14.5 Å². The Morgan fingerprint density at radius 3 is 2.52 bits per heavy atom. The Bertz CT molecular complexity index is 1060. The molecule has 9 heteroatoms. The van der Waals surface area contributed by atoms with Gasteiger partial charge in [-0.2, -0.15) is 0 Å². The van der Waals surface area contributed by atoms with Crippen molar-refractivity contribution in [3.05, 3.63) is 46.1 Å². The van der Waals surface area contributed by atoms with E-state index in [0.717, 1.165) is 18.4 Å². The third-order valence-corrected chi connectivity index (χ3v) is 6.92. The van der Waals surface area contributed by atoms with Crippen molar-refractivity contribution in [3.8, 4) is 0 Å². The van der Waals surface area contributed by atoms with Crippen molar-refractivity contribution in [2.24, 2.45) is 0 Å². The summed E-state index contributed by atoms with van der Waals surface area (Å²) in [5.74, 6) is -0.774. The van der Waals surface area contributed by atoms with Crippen LogP contribution >= 0.6 is 11.3 Å². The smallest absolute Gasteiger partial charge is 0.341 e. The van der Waals surface area contributed by atoms with Gasteiger partial charge in [0.1, 0.15) is 10.8 Å². The second kappa shape index (κ2) is 10.0. The van der Waals surface area contributed by atoms with Crippen molar-refractivity contribution in [1.82, 2.24) is 4.90 Å². The Labute approximate surface area is 196 Å². The van der Waals surface area contributed by atoms with Crippen molar-refractivity contribution in [2.75, 3.05) is 49.5 Å². The van der Waals surface area contributed by atoms with Crippen LogP contribution in [0.2, 0.25) is 0 Å². The van der Waals surface area contributed by atoms with E-state index in [4.69, 9.17) is 4.74 Å². The van der Waals surface area contributed by atoms with E-state index in [2.05, 4.69) is 5.32 Å². The summed E-state index contributed by atoms with van der Waals surface area (Å²) in [5.41, 5.74) is 2.29. The van der Waals surface area contributed by atoms with Gasteiger partial charge in [0.2, 0.25) is 5.91 Å². The molecule has 7 nitrogen and oxygen atoms in total. The Morgan fingerprint density at radius 2 is 1.91 bits per heavy atom. The van der Waals surface area contributed by atoms with E-state index in [9.17, 15) is 18.8 Å². The Kier molecular flexibility index (Phi) is 7.09. The minimum atomic E-state index is -0.412. The van der Waals surface area contributed by atoms with E-state index in [0.29, 0.717) is 53.9 Å². The highest BCUT2D eigenvalue weighted by molar-refractivity contribution is 7.15. The largest absolute Gasteiger partial charge is 0.462 e. The van der Waals surface area contributed by atoms with Gasteiger partial charge in [-0.25, -0.2) is 9.18 Å². The molecule has 33 heavy (non-hydrogen) atoms. The molecule has 1 N–H and O–H groups in total. The maximum Gasteiger partial charge on any atom is 0.341 e. The molecule has 1 aromatic carbocycles. The molecule has 1 aliphatic carbocycles. The Balaban J connectivity index is 1.34. The van der Waals surface area contributed by atoms with Crippen LogP contribution < -0.4 is 10.2 Å². The number of ether oxygens (including phenoxy) is 1. The molecule has 2 fully saturated rings. The Hall–Kier alpha value is -2.78. The number of nitrogens with zero attached hydrogens (tertiary/aromatic N) is 2. The summed E-state index contributed by atoms with van der Waals surface area (Å²) in [6, 6.07) is 4.55. The van der Waals surface area contributed by atoms with Crippen molar-refractivity contribution < 1.29 is 23.5 Å². The van der Waals surface area contributed by atoms with E-state index in [1.807, 2.05) is 15.2 Å². The number of rotatable bonds is 8. The summed E-state index contributed by atoms with van der Waals surface area (Å²) < 4.78 is 19.7. The van der Waals surface area contributed by atoms with Crippen molar-refractivity contribution in [2.45, 2.75) is 32.6 Å². The van der Waals surface area contributed by atoms with E-state index >= 15 is 0 Å². The number of piperazine rings is 1. The number of Topliss-reactive ketones (excluding diaryl/α,β-unsaturated/α-hetero) is 1. The molecule has 0 radical (unpaired) electrons. The van der Waals surface area contributed by atoms with Crippen LogP contribution in [0.15, 0.2) is 23.6 Å². The lowest BCUT2D eigenvalue weighted by Crippen LogP contribution is -2.49. The predicted molar refractivity (Wildman–Crippen MR) is 126 cm³/mol. The molecule has 0 unspecified atom stereocenters. The van der Waals surface area contributed by atoms with E-state index in [1.54, 1.807) is 19.1 Å². The van der Waals surface area contributed by atoms with Crippen LogP contribution in [0.25, 0.3) is 0 Å². The number of anilines is 2. The third kappa shape index (κ3) is 5.42. The average Bonchev–Trinajstić information content (AvgIpc) is 3.54. The second-order valence-corrected chi connectivity index (χ2v) is 9.30. The second-order valence-electron chi connectivity index (χ2n) is 8.42. The Morgan fingerprint density at radius 1 is 1.18 bits per heavy atom. The predicted octanol–water partition coefficient (Wildman–Crippen LogP) is 3.90. The minimum Gasteiger partial charge on any atom is -0.462 e. The molecule has 2 aliphatic rings. The number of hydrogen-bond acceptors (Lipinski definition) is 7. The first-order valence-electron chi connectivity index (χ1n) is 11.2. The molecule has 1 aliphatic heterocycles. The highest BCUT2D eigenvalue weighted by atomic mass is 32.1. The van der Waals surface area contributed by atoms with Crippen LogP contribution in [-0.2, 0) is 9.53 Å². The summed E-state index contributed by atoms with van der Waals surface area (Å²) in [5, 5.41) is 5.40. The molecule has 1 saturated carbocycles. The summed E-state index contributed by atoms with van der Waals surface area (Å²) in [6.07, 6.45) is 2.11. The number of thiophene rings is 1. The molecule has 1 aromatic heterocycles. The molecule has 176 valence electrons. The standard InChI is InChI=1S/C24H28FN3O4S/c1-3-32-24(31)22-18(16-4-5-16)14-33-23(22)26-21(30)13-27-8-10-28(11-9-27)20-7-6-17(15(2)29)12-19(20)25/h6-7,12,14,16H,3-5,8-11,13H2,1-2H3,(H,26,30). The van der Waals surface area contributed by atoms with Crippen LogP contribution in [0.3, 0.4) is 0 Å². The first kappa shape index (κ1) is 23.4. The minimum absolute atomic E-state index is 0.169. The van der Waals surface area contributed by atoms with E-state index in [-0.39, 0.29) is 30.8 Å². The number of esters is 1. The molecule has 1 saturated heterocycles. The fraction of sp³-hybridized carbons (Fsp3) is 0.458. The van der Waals surface area contributed by atoms with Crippen LogP contribution in [0, 0.1) is 5.82 Å². The van der Waals surface area contributed by atoms with Gasteiger partial charge in [-0.1, -0.05) is 0 Å². The highest BCUT2D eigenvalue weighted by Crippen LogP contribution is 2.46. The van der Waals surface area contributed by atoms with Crippen LogP contribution in [-0.4, -0.2) is 61.9 Å². The summed E-state index contributed by atoms with van der Waals surface area (Å²) >= 11 is 1.37. The zero-order chi connectivity index (χ0) is 23.5. The van der Waals surface area contributed by atoms with E-state index < -0.39 is 5.82 Å². The van der Waals surface area contributed by atoms with Gasteiger partial charge in [-0.15, -0.1) is 11.3 Å². The monoisotopic (exact) mass is 473 g/mol. The summed E-state index contributed by atoms with van der Waals surface area (Å²) in [4.78, 5) is 40.6. The number of amides is 1. The van der Waals surface area contributed by atoms with E-state index in [1.165, 1.54) is 24.3 Å². The van der Waals surface area contributed by atoms with Crippen LogP contribution in [0.1, 0.15) is 58.9 Å². The number of halogens is 1. The van der Waals surface area contributed by atoms with Gasteiger partial charge in [-0.05, 0) is 61.7 Å². The number of nitrogens with one attached hydrogen (secondary N) is 1. The molecule has 0 spiro atoms. The fourth-order valence-corrected chi connectivity index (χ4v) is 5.12. The SMILES string of the molecule is CCOC(=O)c1c(C2CC2)csc1NC(=O)CN1CCN(c2ccc(C(C)=O)cc2F)CC1. The number of carbonyl (C=O) groups is 3. The lowest BCUT2D eigenvalue weighted by atomic mass is 10.1. The molecular formula is C24H28FN3O4S. The normalized spacial score (nSPS) is 16.5. The first-order valence-corrected chi connectivity index (χ1v) is 12.1. The lowest BCUT2D eigenvalue weighted by molar-refractivity contribution is -0.117. The maximum absolute atomic E-state index is 14.5. The zero-order valence-corrected chi connectivity index (χ0v) is 19.7. The highest BCUT2D eigenvalue weighted by Gasteiger charge is 2.32. The number of carbonyl (C=O) groups excluding carboxylic acids is 3. The number of hydrogen-bond donors (Lipinski definition) is 1.